The minimum Gasteiger partial charge on any atom is -0.463 e. The smallest absolute Gasteiger partial charge is 0.330 e. The lowest BCUT2D eigenvalue weighted by Crippen LogP contribution is -1.98. The van der Waals surface area contributed by atoms with Crippen LogP contribution < -0.4 is 0 Å². The number of carbonyl (C=O) groups excluding carboxylic acids is 2. The summed E-state index contributed by atoms with van der Waals surface area (Å²) in [4.78, 5) is 20.4. The molecule has 0 saturated heterocycles. The topological polar surface area (TPSA) is 43.4 Å². The van der Waals surface area contributed by atoms with Crippen molar-refractivity contribution in [1.82, 2.24) is 0 Å². The third kappa shape index (κ3) is 6.77. The Morgan fingerprint density at radius 2 is 2.18 bits per heavy atom. The van der Waals surface area contributed by atoms with Crippen molar-refractivity contribution in [2.75, 3.05) is 6.61 Å². The van der Waals surface area contributed by atoms with E-state index in [4.69, 9.17) is 0 Å². The van der Waals surface area contributed by atoms with Crippen LogP contribution in [0.4, 0.5) is 0 Å². The van der Waals surface area contributed by atoms with Crippen molar-refractivity contribution in [3.63, 3.8) is 0 Å². The average molecular weight is 156 g/mol. The minimum absolute atomic E-state index is 0.349. The van der Waals surface area contributed by atoms with Crippen molar-refractivity contribution < 1.29 is 14.3 Å². The van der Waals surface area contributed by atoms with Gasteiger partial charge in [0.1, 0.15) is 6.29 Å². The van der Waals surface area contributed by atoms with E-state index in [9.17, 15) is 9.59 Å². The normalized spacial score (nSPS) is 9.91. The van der Waals surface area contributed by atoms with Gasteiger partial charge >= 0.3 is 5.97 Å². The molecule has 0 aromatic rings. The summed E-state index contributed by atoms with van der Waals surface area (Å²) in [6.45, 7) is 2.13. The zero-order chi connectivity index (χ0) is 8.53. The number of allylic oxidation sites excluding steroid dienone is 1. The number of rotatable bonds is 5. The molecule has 0 aliphatic rings. The largest absolute Gasteiger partial charge is 0.463 e. The highest BCUT2D eigenvalue weighted by Gasteiger charge is 1.90. The number of hydrogen-bond donors (Lipinski definition) is 0. The van der Waals surface area contributed by atoms with Crippen LogP contribution in [0.15, 0.2) is 12.2 Å². The van der Waals surface area contributed by atoms with Gasteiger partial charge in [0.25, 0.3) is 0 Å². The van der Waals surface area contributed by atoms with Gasteiger partial charge in [-0.3, -0.25) is 0 Å². The van der Waals surface area contributed by atoms with Crippen molar-refractivity contribution in [3.05, 3.63) is 12.2 Å². The fourth-order valence-corrected chi connectivity index (χ4v) is 0.534. The molecule has 11 heavy (non-hydrogen) atoms. The van der Waals surface area contributed by atoms with E-state index < -0.39 is 0 Å². The van der Waals surface area contributed by atoms with Gasteiger partial charge in [-0.25, -0.2) is 4.79 Å². The molecule has 0 atom stereocenters. The number of carbonyl (C=O) groups is 2. The summed E-state index contributed by atoms with van der Waals surface area (Å²) < 4.78 is 4.61. The minimum atomic E-state index is -0.349. The van der Waals surface area contributed by atoms with Gasteiger partial charge < -0.3 is 9.53 Å². The Kier molecular flexibility index (Phi) is 6.28. The highest BCUT2D eigenvalue weighted by molar-refractivity contribution is 5.81. The summed E-state index contributed by atoms with van der Waals surface area (Å²) in [7, 11) is 0. The fourth-order valence-electron chi connectivity index (χ4n) is 0.534. The summed E-state index contributed by atoms with van der Waals surface area (Å²) in [5.74, 6) is -0.349. The Bertz CT molecular complexity index is 149. The summed E-state index contributed by atoms with van der Waals surface area (Å²) in [5, 5.41) is 0. The van der Waals surface area contributed by atoms with Gasteiger partial charge in [0, 0.05) is 12.5 Å². The van der Waals surface area contributed by atoms with Crippen LogP contribution in [0.5, 0.6) is 0 Å². The molecule has 3 heteroatoms. The highest BCUT2D eigenvalue weighted by Crippen LogP contribution is 1.88. The summed E-state index contributed by atoms with van der Waals surface area (Å²) in [5.41, 5.74) is 0. The van der Waals surface area contributed by atoms with E-state index in [1.54, 1.807) is 13.0 Å². The molecule has 0 spiro atoms. The van der Waals surface area contributed by atoms with E-state index >= 15 is 0 Å². The fraction of sp³-hybridized carbons (Fsp3) is 0.500. The van der Waals surface area contributed by atoms with Gasteiger partial charge in [-0.15, -0.1) is 0 Å². The number of aldehydes is 1. The molecular formula is C8H12O3. The van der Waals surface area contributed by atoms with E-state index in [0.29, 0.717) is 19.4 Å². The second-order valence-electron chi connectivity index (χ2n) is 1.90. The van der Waals surface area contributed by atoms with Crippen LogP contribution in [-0.4, -0.2) is 18.9 Å². The number of esters is 1. The van der Waals surface area contributed by atoms with Gasteiger partial charge in [0.2, 0.25) is 0 Å². The van der Waals surface area contributed by atoms with Crippen LogP contribution in [0.1, 0.15) is 19.8 Å². The Balaban J connectivity index is 3.39. The first-order valence-corrected chi connectivity index (χ1v) is 3.58. The molecule has 0 radical (unpaired) electrons. The molecule has 62 valence electrons. The van der Waals surface area contributed by atoms with Crippen molar-refractivity contribution >= 4 is 12.3 Å². The number of hydrogen-bond acceptors (Lipinski definition) is 3. The molecule has 0 amide bonds. The molecular weight excluding hydrogens is 144 g/mol. The van der Waals surface area contributed by atoms with E-state index in [2.05, 4.69) is 4.74 Å². The van der Waals surface area contributed by atoms with E-state index in [1.165, 1.54) is 6.08 Å². The molecule has 0 aromatic carbocycles. The zero-order valence-electron chi connectivity index (χ0n) is 6.58. The quantitative estimate of drug-likeness (QED) is 0.259. The van der Waals surface area contributed by atoms with Gasteiger partial charge in [-0.1, -0.05) is 6.08 Å². The lowest BCUT2D eigenvalue weighted by Gasteiger charge is -1.93. The summed E-state index contributed by atoms with van der Waals surface area (Å²) >= 11 is 0. The molecule has 0 heterocycles. The molecule has 0 saturated carbocycles. The molecule has 0 fully saturated rings. The Morgan fingerprint density at radius 1 is 1.45 bits per heavy atom. The molecule has 3 nitrogen and oxygen atoms in total. The van der Waals surface area contributed by atoms with Crippen LogP contribution in [-0.2, 0) is 14.3 Å². The van der Waals surface area contributed by atoms with Crippen LogP contribution in [0, 0.1) is 0 Å². The molecule has 0 aliphatic carbocycles. The van der Waals surface area contributed by atoms with Crippen molar-refractivity contribution in [2.24, 2.45) is 0 Å². The lowest BCUT2D eigenvalue weighted by molar-refractivity contribution is -0.137. The Morgan fingerprint density at radius 3 is 2.73 bits per heavy atom. The first-order chi connectivity index (χ1) is 5.31. The number of unbranched alkanes of at least 4 members (excludes halogenated alkanes) is 1. The van der Waals surface area contributed by atoms with Gasteiger partial charge in [0.05, 0.1) is 6.61 Å². The molecule has 0 aliphatic heterocycles. The van der Waals surface area contributed by atoms with Crippen LogP contribution in [0.25, 0.3) is 0 Å². The monoisotopic (exact) mass is 156 g/mol. The second-order valence-corrected chi connectivity index (χ2v) is 1.90. The maximum absolute atomic E-state index is 10.6. The predicted octanol–water partition coefficient (Wildman–Crippen LogP) is 1.08. The van der Waals surface area contributed by atoms with Crippen LogP contribution in [0.2, 0.25) is 0 Å². The average Bonchev–Trinajstić information content (AvgIpc) is 1.99. The van der Waals surface area contributed by atoms with E-state index in [0.717, 1.165) is 6.29 Å². The van der Waals surface area contributed by atoms with E-state index in [1.807, 2.05) is 0 Å². The molecule has 0 unspecified atom stereocenters. The van der Waals surface area contributed by atoms with Crippen molar-refractivity contribution in [2.45, 2.75) is 19.8 Å². The maximum atomic E-state index is 10.6. The van der Waals surface area contributed by atoms with Crippen LogP contribution in [0.3, 0.4) is 0 Å². The zero-order valence-corrected chi connectivity index (χ0v) is 6.58. The predicted molar refractivity (Wildman–Crippen MR) is 41.1 cm³/mol. The SMILES string of the molecule is CCOC(=O)/C=C\CCC=O. The maximum Gasteiger partial charge on any atom is 0.330 e. The van der Waals surface area contributed by atoms with Gasteiger partial charge in [0.15, 0.2) is 0 Å². The first kappa shape index (κ1) is 9.88. The first-order valence-electron chi connectivity index (χ1n) is 3.58. The Labute approximate surface area is 66.0 Å². The van der Waals surface area contributed by atoms with E-state index in [-0.39, 0.29) is 5.97 Å². The summed E-state index contributed by atoms with van der Waals surface area (Å²) in [6.07, 6.45) is 4.84. The highest BCUT2D eigenvalue weighted by atomic mass is 16.5. The van der Waals surface area contributed by atoms with Crippen LogP contribution >= 0.6 is 0 Å². The Hall–Kier alpha value is -1.12. The van der Waals surface area contributed by atoms with Gasteiger partial charge in [-0.2, -0.15) is 0 Å². The van der Waals surface area contributed by atoms with Gasteiger partial charge in [-0.05, 0) is 13.3 Å². The second kappa shape index (κ2) is 6.99. The molecule has 0 aromatic heterocycles. The van der Waals surface area contributed by atoms with Crippen molar-refractivity contribution in [1.29, 1.82) is 0 Å². The molecule has 0 N–H and O–H groups in total. The number of ether oxygens (including phenoxy) is 1. The standard InChI is InChI=1S/C8H12O3/c1-2-11-8(10)6-4-3-5-7-9/h4,6-7H,2-3,5H2,1H3/b6-4-. The third-order valence-electron chi connectivity index (χ3n) is 0.992. The van der Waals surface area contributed by atoms with Crippen molar-refractivity contribution in [3.8, 4) is 0 Å². The molecule has 0 rings (SSSR count). The summed E-state index contributed by atoms with van der Waals surface area (Å²) in [6, 6.07) is 0. The molecule has 0 bridgehead atoms. The lowest BCUT2D eigenvalue weighted by atomic mass is 10.3. The third-order valence-corrected chi connectivity index (χ3v) is 0.992.